The Kier molecular flexibility index (Phi) is 2.04. The Morgan fingerprint density at radius 2 is 1.85 bits per heavy atom. The van der Waals surface area contributed by atoms with Gasteiger partial charge in [0.1, 0.15) is 5.75 Å². The molecule has 0 aliphatic carbocycles. The van der Waals surface area contributed by atoms with Crippen LogP contribution in [0.3, 0.4) is 0 Å². The molecule has 0 unspecified atom stereocenters. The van der Waals surface area contributed by atoms with E-state index in [1.165, 1.54) is 5.56 Å². The fraction of sp³-hybridized carbons (Fsp3) is 0.0909. The maximum atomic E-state index is 9.11. The molecular weight excluding hydrogens is 162 g/mol. The monoisotopic (exact) mass is 173 g/mol. The predicted octanol–water partition coefficient (Wildman–Crippen LogP) is 2.24. The van der Waals surface area contributed by atoms with Crippen LogP contribution in [0.25, 0.3) is 0 Å². The summed E-state index contributed by atoms with van der Waals surface area (Å²) in [5.74, 6) is 0.316. The number of hydrogen-bond donors (Lipinski definition) is 1. The molecule has 66 valence electrons. The highest BCUT2D eigenvalue weighted by Gasteiger charge is 1.94. The molecule has 0 aliphatic heterocycles. The number of hydrogen-bond acceptors (Lipinski definition) is 1. The summed E-state index contributed by atoms with van der Waals surface area (Å²) in [4.78, 5) is 0. The van der Waals surface area contributed by atoms with Crippen LogP contribution in [0.1, 0.15) is 5.56 Å². The molecule has 0 saturated carbocycles. The lowest BCUT2D eigenvalue weighted by Crippen LogP contribution is -1.94. The molecule has 0 saturated heterocycles. The van der Waals surface area contributed by atoms with Crippen LogP contribution in [-0.4, -0.2) is 9.67 Å². The van der Waals surface area contributed by atoms with Gasteiger partial charge in [-0.25, -0.2) is 0 Å². The van der Waals surface area contributed by atoms with Crippen LogP contribution in [0.5, 0.6) is 5.75 Å². The van der Waals surface area contributed by atoms with Crippen molar-refractivity contribution in [2.24, 2.45) is 0 Å². The van der Waals surface area contributed by atoms with Gasteiger partial charge in [0.2, 0.25) is 0 Å². The molecule has 0 spiro atoms. The third kappa shape index (κ3) is 1.90. The zero-order valence-electron chi connectivity index (χ0n) is 7.22. The average molecular weight is 173 g/mol. The Hall–Kier alpha value is -1.70. The molecule has 2 heteroatoms. The Bertz CT molecular complexity index is 378. The Morgan fingerprint density at radius 3 is 2.46 bits per heavy atom. The maximum Gasteiger partial charge on any atom is 0.133 e. The number of aromatic hydroxyl groups is 1. The van der Waals surface area contributed by atoms with E-state index in [0.717, 1.165) is 6.54 Å². The van der Waals surface area contributed by atoms with Gasteiger partial charge in [0, 0.05) is 18.9 Å². The van der Waals surface area contributed by atoms with Crippen LogP contribution in [0, 0.1) is 0 Å². The second-order valence-electron chi connectivity index (χ2n) is 3.03. The van der Waals surface area contributed by atoms with Crippen molar-refractivity contribution >= 4 is 0 Å². The summed E-state index contributed by atoms with van der Waals surface area (Å²) in [7, 11) is 0. The summed E-state index contributed by atoms with van der Waals surface area (Å²) < 4.78 is 1.95. The van der Waals surface area contributed by atoms with Gasteiger partial charge in [0.25, 0.3) is 0 Å². The maximum absolute atomic E-state index is 9.11. The number of rotatable bonds is 2. The fourth-order valence-electron chi connectivity index (χ4n) is 1.32. The molecule has 2 nitrogen and oxygen atoms in total. The van der Waals surface area contributed by atoms with Crippen LogP contribution in [-0.2, 0) is 6.54 Å². The third-order valence-electron chi connectivity index (χ3n) is 1.94. The van der Waals surface area contributed by atoms with Crippen molar-refractivity contribution in [3.63, 3.8) is 0 Å². The second-order valence-corrected chi connectivity index (χ2v) is 3.03. The first-order chi connectivity index (χ1) is 6.34. The number of nitrogens with zero attached hydrogens (tertiary/aromatic N) is 1. The van der Waals surface area contributed by atoms with Gasteiger partial charge in [-0.2, -0.15) is 0 Å². The summed E-state index contributed by atoms with van der Waals surface area (Å²) in [5.41, 5.74) is 1.23. The molecule has 1 N–H and O–H groups in total. The van der Waals surface area contributed by atoms with E-state index in [9.17, 15) is 0 Å². The fourth-order valence-corrected chi connectivity index (χ4v) is 1.32. The quantitative estimate of drug-likeness (QED) is 0.740. The minimum Gasteiger partial charge on any atom is -0.506 e. The molecule has 0 amide bonds. The van der Waals surface area contributed by atoms with Crippen molar-refractivity contribution in [1.82, 2.24) is 4.57 Å². The van der Waals surface area contributed by atoms with E-state index in [-0.39, 0.29) is 0 Å². The van der Waals surface area contributed by atoms with E-state index in [1.807, 2.05) is 29.0 Å². The molecular formula is C11H11NO. The molecule has 1 aromatic carbocycles. The van der Waals surface area contributed by atoms with Gasteiger partial charge in [-0.3, -0.25) is 0 Å². The minimum absolute atomic E-state index is 0.316. The van der Waals surface area contributed by atoms with E-state index in [4.69, 9.17) is 5.11 Å². The summed E-state index contributed by atoms with van der Waals surface area (Å²) in [5, 5.41) is 9.11. The van der Waals surface area contributed by atoms with E-state index in [0.29, 0.717) is 5.75 Å². The normalized spacial score (nSPS) is 10.2. The van der Waals surface area contributed by atoms with Crippen LogP contribution in [0.2, 0.25) is 0 Å². The van der Waals surface area contributed by atoms with Gasteiger partial charge < -0.3 is 9.67 Å². The van der Waals surface area contributed by atoms with Crippen molar-refractivity contribution in [3.05, 3.63) is 54.4 Å². The zero-order valence-corrected chi connectivity index (χ0v) is 7.22. The van der Waals surface area contributed by atoms with E-state index < -0.39 is 0 Å². The van der Waals surface area contributed by atoms with Crippen LogP contribution in [0.4, 0.5) is 0 Å². The Balaban J connectivity index is 2.15. The van der Waals surface area contributed by atoms with E-state index in [2.05, 4.69) is 12.1 Å². The van der Waals surface area contributed by atoms with Crippen LogP contribution < -0.4 is 0 Å². The molecule has 2 rings (SSSR count). The molecule has 1 aromatic heterocycles. The molecule has 2 aromatic rings. The van der Waals surface area contributed by atoms with E-state index in [1.54, 1.807) is 12.3 Å². The van der Waals surface area contributed by atoms with Crippen LogP contribution in [0.15, 0.2) is 48.8 Å². The standard InChI is InChI=1S/C11H11NO/c13-11-6-7-12(9-11)8-10-4-2-1-3-5-10/h1-7,9,13H,8H2. The van der Waals surface area contributed by atoms with Crippen molar-refractivity contribution in [1.29, 1.82) is 0 Å². The summed E-state index contributed by atoms with van der Waals surface area (Å²) in [6.07, 6.45) is 3.58. The van der Waals surface area contributed by atoms with Crippen molar-refractivity contribution < 1.29 is 5.11 Å². The SMILES string of the molecule is Oc1ccn(Cc2ccccc2)c1. The van der Waals surface area contributed by atoms with Gasteiger partial charge >= 0.3 is 0 Å². The van der Waals surface area contributed by atoms with Crippen molar-refractivity contribution in [2.45, 2.75) is 6.54 Å². The Labute approximate surface area is 77.1 Å². The van der Waals surface area contributed by atoms with Gasteiger partial charge in [-0.15, -0.1) is 0 Å². The molecule has 0 fully saturated rings. The molecule has 1 heterocycles. The number of benzene rings is 1. The van der Waals surface area contributed by atoms with Crippen molar-refractivity contribution in [3.8, 4) is 5.75 Å². The zero-order chi connectivity index (χ0) is 9.10. The first-order valence-electron chi connectivity index (χ1n) is 4.23. The minimum atomic E-state index is 0.316. The lowest BCUT2D eigenvalue weighted by atomic mass is 10.2. The highest BCUT2D eigenvalue weighted by molar-refractivity contribution is 5.19. The third-order valence-corrected chi connectivity index (χ3v) is 1.94. The Morgan fingerprint density at radius 1 is 1.08 bits per heavy atom. The molecule has 0 radical (unpaired) electrons. The lowest BCUT2D eigenvalue weighted by molar-refractivity contribution is 0.474. The van der Waals surface area contributed by atoms with Gasteiger partial charge in [0.05, 0.1) is 0 Å². The second kappa shape index (κ2) is 3.35. The predicted molar refractivity (Wildman–Crippen MR) is 51.6 cm³/mol. The largest absolute Gasteiger partial charge is 0.506 e. The first-order valence-corrected chi connectivity index (χ1v) is 4.23. The van der Waals surface area contributed by atoms with E-state index >= 15 is 0 Å². The molecule has 0 bridgehead atoms. The summed E-state index contributed by atoms with van der Waals surface area (Å²) in [6.45, 7) is 0.807. The first kappa shape index (κ1) is 7.92. The van der Waals surface area contributed by atoms with Gasteiger partial charge in [-0.1, -0.05) is 30.3 Å². The highest BCUT2D eigenvalue weighted by atomic mass is 16.3. The lowest BCUT2D eigenvalue weighted by Gasteiger charge is -2.01. The number of aromatic nitrogens is 1. The average Bonchev–Trinajstić information content (AvgIpc) is 2.53. The molecule has 0 atom stereocenters. The summed E-state index contributed by atoms with van der Waals surface area (Å²) in [6, 6.07) is 11.8. The molecule has 0 aliphatic rings. The molecule has 13 heavy (non-hydrogen) atoms. The van der Waals surface area contributed by atoms with Gasteiger partial charge in [0.15, 0.2) is 0 Å². The van der Waals surface area contributed by atoms with Crippen molar-refractivity contribution in [2.75, 3.05) is 0 Å². The van der Waals surface area contributed by atoms with Crippen LogP contribution >= 0.6 is 0 Å². The van der Waals surface area contributed by atoms with Gasteiger partial charge in [-0.05, 0) is 11.6 Å². The topological polar surface area (TPSA) is 25.2 Å². The summed E-state index contributed by atoms with van der Waals surface area (Å²) >= 11 is 0. The highest BCUT2D eigenvalue weighted by Crippen LogP contribution is 2.10. The smallest absolute Gasteiger partial charge is 0.133 e.